The van der Waals surface area contributed by atoms with Crippen LogP contribution >= 0.6 is 0 Å². The highest BCUT2D eigenvalue weighted by Crippen LogP contribution is 2.28. The molecule has 1 heterocycles. The molecule has 1 aromatic rings. The summed E-state index contributed by atoms with van der Waals surface area (Å²) in [5, 5.41) is 0. The molecule has 0 radical (unpaired) electrons. The van der Waals surface area contributed by atoms with Crippen LogP contribution in [0.1, 0.15) is 33.6 Å². The zero-order valence-electron chi connectivity index (χ0n) is 14.0. The molecule has 0 unspecified atom stereocenters. The molecule has 1 saturated heterocycles. The lowest BCUT2D eigenvalue weighted by Crippen LogP contribution is -2.48. The lowest BCUT2D eigenvalue weighted by molar-refractivity contribution is -0.131. The van der Waals surface area contributed by atoms with Crippen molar-refractivity contribution in [2.45, 2.75) is 33.6 Å². The van der Waals surface area contributed by atoms with Gasteiger partial charge in [0.1, 0.15) is 5.75 Å². The van der Waals surface area contributed by atoms with Crippen molar-refractivity contribution in [1.29, 1.82) is 0 Å². The van der Waals surface area contributed by atoms with Crippen LogP contribution in [0.2, 0.25) is 0 Å². The zero-order valence-corrected chi connectivity index (χ0v) is 14.0. The first-order chi connectivity index (χ1) is 10.6. The van der Waals surface area contributed by atoms with E-state index in [2.05, 4.69) is 24.8 Å². The average molecular weight is 304 g/mol. The number of amides is 1. The Labute approximate surface area is 134 Å². The molecular formula is C18H28N2O2. The van der Waals surface area contributed by atoms with E-state index in [9.17, 15) is 4.79 Å². The van der Waals surface area contributed by atoms with Gasteiger partial charge in [-0.25, -0.2) is 0 Å². The molecule has 0 atom stereocenters. The highest BCUT2D eigenvalue weighted by molar-refractivity contribution is 5.76. The van der Waals surface area contributed by atoms with Gasteiger partial charge in [0, 0.05) is 32.6 Å². The van der Waals surface area contributed by atoms with E-state index in [0.717, 1.165) is 44.0 Å². The molecular weight excluding hydrogens is 276 g/mol. The van der Waals surface area contributed by atoms with Gasteiger partial charge in [0.2, 0.25) is 5.91 Å². The summed E-state index contributed by atoms with van der Waals surface area (Å²) >= 11 is 0. The zero-order chi connectivity index (χ0) is 15.9. The maximum atomic E-state index is 12.2. The molecule has 0 N–H and O–H groups in total. The Morgan fingerprint density at radius 2 is 1.86 bits per heavy atom. The first-order valence-corrected chi connectivity index (χ1v) is 8.36. The molecule has 0 spiro atoms. The van der Waals surface area contributed by atoms with E-state index in [0.29, 0.717) is 24.9 Å². The van der Waals surface area contributed by atoms with Crippen molar-refractivity contribution in [3.05, 3.63) is 24.3 Å². The smallest absolute Gasteiger partial charge is 0.222 e. The molecule has 122 valence electrons. The van der Waals surface area contributed by atoms with Gasteiger partial charge in [-0.3, -0.25) is 4.79 Å². The summed E-state index contributed by atoms with van der Waals surface area (Å²) in [5.74, 6) is 1.82. The molecule has 0 aromatic heterocycles. The summed E-state index contributed by atoms with van der Waals surface area (Å²) in [5.41, 5.74) is 1.14. The number of nitrogens with zero attached hydrogens (tertiary/aromatic N) is 2. The van der Waals surface area contributed by atoms with Crippen LogP contribution in [0.3, 0.4) is 0 Å². The van der Waals surface area contributed by atoms with Gasteiger partial charge in [0.05, 0.1) is 12.3 Å². The summed E-state index contributed by atoms with van der Waals surface area (Å²) in [6.45, 7) is 10.3. The van der Waals surface area contributed by atoms with Crippen molar-refractivity contribution in [2.24, 2.45) is 5.92 Å². The van der Waals surface area contributed by atoms with Gasteiger partial charge in [-0.05, 0) is 31.4 Å². The fourth-order valence-electron chi connectivity index (χ4n) is 2.76. The average Bonchev–Trinajstić information content (AvgIpc) is 2.53. The molecule has 0 aliphatic carbocycles. The van der Waals surface area contributed by atoms with Crippen molar-refractivity contribution in [3.8, 4) is 5.75 Å². The van der Waals surface area contributed by atoms with E-state index >= 15 is 0 Å². The predicted molar refractivity (Wildman–Crippen MR) is 90.5 cm³/mol. The maximum Gasteiger partial charge on any atom is 0.222 e. The van der Waals surface area contributed by atoms with E-state index in [1.54, 1.807) is 0 Å². The summed E-state index contributed by atoms with van der Waals surface area (Å²) in [6.07, 6.45) is 1.65. The SMILES string of the molecule is CCOc1ccccc1N1CCN(C(=O)CCC(C)C)CC1. The molecule has 1 aliphatic rings. The Kier molecular flexibility index (Phi) is 6.10. The monoisotopic (exact) mass is 304 g/mol. The van der Waals surface area contributed by atoms with Crippen LogP contribution in [0.25, 0.3) is 0 Å². The van der Waals surface area contributed by atoms with Crippen molar-refractivity contribution in [2.75, 3.05) is 37.7 Å². The minimum atomic E-state index is 0.298. The van der Waals surface area contributed by atoms with Crippen LogP contribution in [0.15, 0.2) is 24.3 Å². The molecule has 0 saturated carbocycles. The Morgan fingerprint density at radius 3 is 2.50 bits per heavy atom. The number of hydrogen-bond acceptors (Lipinski definition) is 3. The summed E-state index contributed by atoms with van der Waals surface area (Å²) < 4.78 is 5.71. The lowest BCUT2D eigenvalue weighted by atomic mass is 10.1. The normalized spacial score (nSPS) is 15.3. The second-order valence-electron chi connectivity index (χ2n) is 6.20. The fourth-order valence-corrected chi connectivity index (χ4v) is 2.76. The number of para-hydroxylation sites is 2. The van der Waals surface area contributed by atoms with E-state index < -0.39 is 0 Å². The molecule has 0 bridgehead atoms. The standard InChI is InChI=1S/C18H28N2O2/c1-4-22-17-8-6-5-7-16(17)19-11-13-20(14-12-19)18(21)10-9-15(2)3/h5-8,15H,4,9-14H2,1-3H3. The van der Waals surface area contributed by atoms with Gasteiger partial charge in [0.25, 0.3) is 0 Å². The first-order valence-electron chi connectivity index (χ1n) is 8.36. The molecule has 1 aliphatic heterocycles. The number of rotatable bonds is 6. The van der Waals surface area contributed by atoms with Crippen molar-refractivity contribution in [3.63, 3.8) is 0 Å². The predicted octanol–water partition coefficient (Wildman–Crippen LogP) is 3.17. The van der Waals surface area contributed by atoms with Gasteiger partial charge >= 0.3 is 0 Å². The van der Waals surface area contributed by atoms with Crippen molar-refractivity contribution >= 4 is 11.6 Å². The highest BCUT2D eigenvalue weighted by Gasteiger charge is 2.22. The third kappa shape index (κ3) is 4.39. The maximum absolute atomic E-state index is 12.2. The number of hydrogen-bond donors (Lipinski definition) is 0. The summed E-state index contributed by atoms with van der Waals surface area (Å²) in [4.78, 5) is 16.5. The quantitative estimate of drug-likeness (QED) is 0.809. The third-order valence-electron chi connectivity index (χ3n) is 4.07. The Bertz CT molecular complexity index is 480. The number of ether oxygens (including phenoxy) is 1. The van der Waals surface area contributed by atoms with Gasteiger partial charge in [0.15, 0.2) is 0 Å². The minimum Gasteiger partial charge on any atom is -0.492 e. The Hall–Kier alpha value is -1.71. The molecule has 2 rings (SSSR count). The molecule has 22 heavy (non-hydrogen) atoms. The second kappa shape index (κ2) is 8.06. The van der Waals surface area contributed by atoms with Crippen LogP contribution in [0, 0.1) is 5.92 Å². The number of benzene rings is 1. The Balaban J connectivity index is 1.91. The molecule has 1 amide bonds. The van der Waals surface area contributed by atoms with Gasteiger partial charge in [-0.15, -0.1) is 0 Å². The van der Waals surface area contributed by atoms with Crippen molar-refractivity contribution in [1.82, 2.24) is 4.90 Å². The molecule has 4 nitrogen and oxygen atoms in total. The van der Waals surface area contributed by atoms with Gasteiger partial charge in [-0.1, -0.05) is 26.0 Å². The van der Waals surface area contributed by atoms with E-state index in [4.69, 9.17) is 4.74 Å². The molecule has 1 aromatic carbocycles. The molecule has 4 heteroatoms. The van der Waals surface area contributed by atoms with Gasteiger partial charge in [-0.2, -0.15) is 0 Å². The first kappa shape index (κ1) is 16.7. The highest BCUT2D eigenvalue weighted by atomic mass is 16.5. The van der Waals surface area contributed by atoms with Gasteiger partial charge < -0.3 is 14.5 Å². The van der Waals surface area contributed by atoms with E-state index in [1.807, 2.05) is 30.0 Å². The number of carbonyl (C=O) groups excluding carboxylic acids is 1. The summed E-state index contributed by atoms with van der Waals surface area (Å²) in [7, 11) is 0. The minimum absolute atomic E-state index is 0.298. The third-order valence-corrected chi connectivity index (χ3v) is 4.07. The van der Waals surface area contributed by atoms with Crippen LogP contribution in [-0.4, -0.2) is 43.6 Å². The van der Waals surface area contributed by atoms with Crippen LogP contribution in [0.5, 0.6) is 5.75 Å². The number of piperazine rings is 1. The Morgan fingerprint density at radius 1 is 1.18 bits per heavy atom. The number of carbonyl (C=O) groups is 1. The molecule has 1 fully saturated rings. The number of anilines is 1. The van der Waals surface area contributed by atoms with Crippen molar-refractivity contribution < 1.29 is 9.53 Å². The van der Waals surface area contributed by atoms with E-state index in [-0.39, 0.29) is 0 Å². The lowest BCUT2D eigenvalue weighted by Gasteiger charge is -2.36. The van der Waals surface area contributed by atoms with Crippen LogP contribution < -0.4 is 9.64 Å². The van der Waals surface area contributed by atoms with Crippen LogP contribution in [-0.2, 0) is 4.79 Å². The van der Waals surface area contributed by atoms with Crippen LogP contribution in [0.4, 0.5) is 5.69 Å². The summed E-state index contributed by atoms with van der Waals surface area (Å²) in [6, 6.07) is 8.15. The second-order valence-corrected chi connectivity index (χ2v) is 6.20. The fraction of sp³-hybridized carbons (Fsp3) is 0.611. The van der Waals surface area contributed by atoms with E-state index in [1.165, 1.54) is 0 Å². The topological polar surface area (TPSA) is 32.8 Å². The largest absolute Gasteiger partial charge is 0.492 e.